The van der Waals surface area contributed by atoms with E-state index in [4.69, 9.17) is 14.5 Å². The summed E-state index contributed by atoms with van der Waals surface area (Å²) >= 11 is 0. The molecule has 30 heavy (non-hydrogen) atoms. The molecule has 0 amide bonds. The van der Waals surface area contributed by atoms with Gasteiger partial charge in [-0.3, -0.25) is 9.50 Å². The van der Waals surface area contributed by atoms with Gasteiger partial charge in [0.1, 0.15) is 11.7 Å². The molecule has 158 valence electrons. The first-order valence-corrected chi connectivity index (χ1v) is 10.1. The molecule has 10 nitrogen and oxygen atoms in total. The summed E-state index contributed by atoms with van der Waals surface area (Å²) in [7, 11) is 3.03. The molecular weight excluding hydrogens is 386 g/mol. The van der Waals surface area contributed by atoms with Gasteiger partial charge in [-0.2, -0.15) is 15.1 Å². The number of hydrogen-bond donors (Lipinski definition) is 2. The molecule has 2 fully saturated rings. The van der Waals surface area contributed by atoms with Gasteiger partial charge in [-0.15, -0.1) is 0 Å². The number of aromatic nitrogens is 5. The lowest BCUT2D eigenvalue weighted by atomic mass is 10.1. The average molecular weight is 411 g/mol. The van der Waals surface area contributed by atoms with Crippen molar-refractivity contribution in [1.82, 2.24) is 24.6 Å². The monoisotopic (exact) mass is 411 g/mol. The Labute approximate surface area is 173 Å². The van der Waals surface area contributed by atoms with E-state index in [1.54, 1.807) is 7.11 Å². The maximum Gasteiger partial charge on any atom is 0.328 e. The van der Waals surface area contributed by atoms with Crippen LogP contribution in [0.1, 0.15) is 31.9 Å². The lowest BCUT2D eigenvalue weighted by molar-refractivity contribution is -0.142. The minimum Gasteiger partial charge on any atom is -0.467 e. The lowest BCUT2D eigenvalue weighted by Crippen LogP contribution is -2.38. The molecule has 10 heteroatoms. The number of H-pyrrole nitrogens is 1. The average Bonchev–Trinajstić information content (AvgIpc) is 3.20. The number of fused-ring (bicyclic) bond motifs is 1. The number of ether oxygens (including phenoxy) is 2. The Morgan fingerprint density at radius 2 is 2.17 bits per heavy atom. The van der Waals surface area contributed by atoms with Crippen LogP contribution in [0, 0.1) is 0 Å². The summed E-state index contributed by atoms with van der Waals surface area (Å²) in [5, 5.41) is 10.8. The van der Waals surface area contributed by atoms with E-state index in [2.05, 4.69) is 27.4 Å². The van der Waals surface area contributed by atoms with E-state index in [9.17, 15) is 4.79 Å². The number of methoxy groups -OCH3 is 2. The van der Waals surface area contributed by atoms with Crippen molar-refractivity contribution in [2.75, 3.05) is 31.0 Å². The summed E-state index contributed by atoms with van der Waals surface area (Å²) in [6.45, 7) is 2.74. The van der Waals surface area contributed by atoms with E-state index in [1.807, 2.05) is 33.7 Å². The fraction of sp³-hybridized carbons (Fsp3) is 0.500. The number of anilines is 3. The minimum absolute atomic E-state index is 0.0923. The molecule has 1 aliphatic heterocycles. The first-order chi connectivity index (χ1) is 14.5. The molecule has 5 rings (SSSR count). The van der Waals surface area contributed by atoms with Crippen molar-refractivity contribution in [2.45, 2.75) is 43.7 Å². The van der Waals surface area contributed by atoms with Crippen LogP contribution in [0.5, 0.6) is 0 Å². The predicted molar refractivity (Wildman–Crippen MR) is 110 cm³/mol. The summed E-state index contributed by atoms with van der Waals surface area (Å²) in [5.41, 5.74) is 2.04. The smallest absolute Gasteiger partial charge is 0.328 e. The molecule has 1 saturated carbocycles. The molecule has 0 spiro atoms. The van der Waals surface area contributed by atoms with Crippen molar-refractivity contribution in [3.63, 3.8) is 0 Å². The molecule has 4 heterocycles. The lowest BCUT2D eigenvalue weighted by Gasteiger charge is -2.23. The third-order valence-corrected chi connectivity index (χ3v) is 6.17. The van der Waals surface area contributed by atoms with Gasteiger partial charge < -0.3 is 19.7 Å². The fourth-order valence-electron chi connectivity index (χ4n) is 3.95. The highest BCUT2D eigenvalue weighted by molar-refractivity contribution is 5.80. The Hall–Kier alpha value is -3.14. The molecule has 1 aliphatic carbocycles. The largest absolute Gasteiger partial charge is 0.467 e. The Balaban J connectivity index is 1.49. The van der Waals surface area contributed by atoms with Crippen molar-refractivity contribution in [2.24, 2.45) is 0 Å². The second-order valence-corrected chi connectivity index (χ2v) is 8.22. The molecular formula is C20H25N7O3. The summed E-state index contributed by atoms with van der Waals surface area (Å²) < 4.78 is 12.3. The van der Waals surface area contributed by atoms with Crippen molar-refractivity contribution in [3.05, 3.63) is 30.1 Å². The van der Waals surface area contributed by atoms with Crippen LogP contribution < -0.4 is 10.2 Å². The third kappa shape index (κ3) is 3.17. The van der Waals surface area contributed by atoms with E-state index in [0.29, 0.717) is 30.7 Å². The highest BCUT2D eigenvalue weighted by atomic mass is 16.5. The first kappa shape index (κ1) is 18.9. The SMILES string of the molecule is COC(=O)C1CC(OC)CN1c1nc(Nc2cc(C3(C)CC3)[nH]n2)n2cccc2n1. The van der Waals surface area contributed by atoms with Gasteiger partial charge in [-0.25, -0.2) is 4.79 Å². The van der Waals surface area contributed by atoms with Crippen LogP contribution in [0.2, 0.25) is 0 Å². The van der Waals surface area contributed by atoms with Crippen molar-refractivity contribution in [1.29, 1.82) is 0 Å². The number of esters is 1. The minimum atomic E-state index is -0.489. The first-order valence-electron chi connectivity index (χ1n) is 10.1. The molecule has 1 saturated heterocycles. The number of nitrogens with zero attached hydrogens (tertiary/aromatic N) is 5. The maximum atomic E-state index is 12.3. The molecule has 0 aromatic carbocycles. The Bertz CT molecular complexity index is 1090. The normalized spacial score (nSPS) is 22.4. The summed E-state index contributed by atoms with van der Waals surface area (Å²) in [6.07, 6.45) is 4.65. The number of rotatable bonds is 6. The van der Waals surface area contributed by atoms with E-state index >= 15 is 0 Å². The van der Waals surface area contributed by atoms with Gasteiger partial charge in [0.15, 0.2) is 5.82 Å². The molecule has 3 aromatic rings. The number of hydrogen-bond acceptors (Lipinski definition) is 8. The van der Waals surface area contributed by atoms with Crippen molar-refractivity contribution < 1.29 is 14.3 Å². The molecule has 2 atom stereocenters. The third-order valence-electron chi connectivity index (χ3n) is 6.17. The fourth-order valence-corrected chi connectivity index (χ4v) is 3.95. The predicted octanol–water partition coefficient (Wildman–Crippen LogP) is 2.01. The van der Waals surface area contributed by atoms with Gasteiger partial charge in [0.05, 0.1) is 13.2 Å². The topological polar surface area (TPSA) is 110 Å². The van der Waals surface area contributed by atoms with Crippen LogP contribution >= 0.6 is 0 Å². The number of nitrogens with one attached hydrogen (secondary N) is 2. The highest BCUT2D eigenvalue weighted by Gasteiger charge is 2.41. The maximum absolute atomic E-state index is 12.3. The van der Waals surface area contributed by atoms with Gasteiger partial charge >= 0.3 is 5.97 Å². The second kappa shape index (κ2) is 6.98. The molecule has 0 radical (unpaired) electrons. The summed E-state index contributed by atoms with van der Waals surface area (Å²) in [4.78, 5) is 23.6. The van der Waals surface area contributed by atoms with Crippen LogP contribution in [0.25, 0.3) is 5.65 Å². The summed E-state index contributed by atoms with van der Waals surface area (Å²) in [5.74, 6) is 1.39. The van der Waals surface area contributed by atoms with Crippen LogP contribution in [-0.2, 0) is 19.7 Å². The number of aromatic amines is 1. The van der Waals surface area contributed by atoms with E-state index in [1.165, 1.54) is 20.0 Å². The molecule has 3 aromatic heterocycles. The molecule has 2 unspecified atom stereocenters. The highest BCUT2D eigenvalue weighted by Crippen LogP contribution is 2.47. The molecule has 0 bridgehead atoms. The van der Waals surface area contributed by atoms with Crippen molar-refractivity contribution in [3.8, 4) is 0 Å². The van der Waals surface area contributed by atoms with Gasteiger partial charge in [0.25, 0.3) is 0 Å². The number of carbonyl (C=O) groups excluding carboxylic acids is 1. The standard InChI is InChI=1S/C20H25N7O3/c1-20(6-7-20)14-10-15(25-24-14)21-18-23-19(22-16-5-4-8-26(16)18)27-11-12(29-2)9-13(27)17(28)30-3/h4-5,8,10,12-13H,6-7,9,11H2,1-3H3,(H2,21,22,23,24,25). The van der Waals surface area contributed by atoms with Gasteiger partial charge in [0, 0.05) is 43.4 Å². The van der Waals surface area contributed by atoms with Gasteiger partial charge in [-0.05, 0) is 25.0 Å². The second-order valence-electron chi connectivity index (χ2n) is 8.22. The van der Waals surface area contributed by atoms with E-state index < -0.39 is 6.04 Å². The van der Waals surface area contributed by atoms with Crippen LogP contribution in [0.4, 0.5) is 17.7 Å². The Morgan fingerprint density at radius 1 is 1.33 bits per heavy atom. The zero-order valence-corrected chi connectivity index (χ0v) is 17.3. The summed E-state index contributed by atoms with van der Waals surface area (Å²) in [6, 6.07) is 5.34. The van der Waals surface area contributed by atoms with E-state index in [0.717, 1.165) is 11.3 Å². The van der Waals surface area contributed by atoms with Crippen LogP contribution in [0.15, 0.2) is 24.4 Å². The van der Waals surface area contributed by atoms with E-state index in [-0.39, 0.29) is 17.5 Å². The molecule has 2 N–H and O–H groups in total. The van der Waals surface area contributed by atoms with Gasteiger partial charge in [0.2, 0.25) is 11.9 Å². The van der Waals surface area contributed by atoms with Crippen molar-refractivity contribution >= 4 is 29.3 Å². The van der Waals surface area contributed by atoms with Crippen LogP contribution in [0.3, 0.4) is 0 Å². The van der Waals surface area contributed by atoms with Gasteiger partial charge in [-0.1, -0.05) is 6.92 Å². The molecule has 2 aliphatic rings. The quantitative estimate of drug-likeness (QED) is 0.593. The zero-order valence-electron chi connectivity index (χ0n) is 17.3. The Morgan fingerprint density at radius 3 is 2.90 bits per heavy atom. The zero-order chi connectivity index (χ0) is 20.9. The number of carbonyl (C=O) groups is 1. The van der Waals surface area contributed by atoms with Crippen LogP contribution in [-0.4, -0.2) is 63.4 Å². The Kier molecular flexibility index (Phi) is 4.39.